The molecule has 1 atom stereocenters. The van der Waals surface area contributed by atoms with Gasteiger partial charge in [-0.15, -0.1) is 0 Å². The van der Waals surface area contributed by atoms with Crippen LogP contribution in [0, 0.1) is 10.8 Å². The van der Waals surface area contributed by atoms with Gasteiger partial charge in [0.05, 0.1) is 11.9 Å². The second-order valence-corrected chi connectivity index (χ2v) is 10.2. The second kappa shape index (κ2) is 9.70. The van der Waals surface area contributed by atoms with E-state index in [1.54, 1.807) is 0 Å². The molecule has 4 rings (SSSR count). The Hall–Kier alpha value is -3.27. The Balaban J connectivity index is 1.48. The standard InChI is InChI=1S/C24H27N6O2S/c1-14(2)33(31)19-9-7-16(8-10-19)20-13-29-22(25)21(30-20)24(27)32-23(26)17-5-3-15(4-6-17)18-11-28-12-18/h3-10,13-14,18,26-28,31H,11-12H2,1-2H3,(H2,25,29)/q+1. The lowest BCUT2D eigenvalue weighted by atomic mass is 9.93. The summed E-state index contributed by atoms with van der Waals surface area (Å²) in [5.74, 6) is 0.0662. The Labute approximate surface area is 195 Å². The van der Waals surface area contributed by atoms with Gasteiger partial charge in [-0.3, -0.25) is 10.8 Å². The van der Waals surface area contributed by atoms with Gasteiger partial charge in [0.25, 0.3) is 0 Å². The molecule has 9 heteroatoms. The van der Waals surface area contributed by atoms with E-state index in [4.69, 9.17) is 21.3 Å². The molecule has 170 valence electrons. The van der Waals surface area contributed by atoms with Gasteiger partial charge in [0.1, 0.15) is 0 Å². The molecular weight excluding hydrogens is 436 g/mol. The quantitative estimate of drug-likeness (QED) is 0.215. The zero-order chi connectivity index (χ0) is 23.5. The molecule has 0 amide bonds. The Kier molecular flexibility index (Phi) is 6.73. The highest BCUT2D eigenvalue weighted by Crippen LogP contribution is 2.24. The van der Waals surface area contributed by atoms with Crippen molar-refractivity contribution in [2.24, 2.45) is 0 Å². The minimum absolute atomic E-state index is 0.0534. The number of nitrogens with one attached hydrogen (secondary N) is 3. The maximum absolute atomic E-state index is 10.3. The van der Waals surface area contributed by atoms with Crippen LogP contribution >= 0.6 is 0 Å². The smallest absolute Gasteiger partial charge is 0.243 e. The van der Waals surface area contributed by atoms with E-state index >= 15 is 0 Å². The van der Waals surface area contributed by atoms with E-state index in [2.05, 4.69) is 15.3 Å². The number of rotatable bonds is 6. The molecule has 33 heavy (non-hydrogen) atoms. The molecule has 1 fully saturated rings. The molecule has 1 saturated heterocycles. The molecule has 2 heterocycles. The maximum atomic E-state index is 10.3. The van der Waals surface area contributed by atoms with Crippen molar-refractivity contribution in [3.63, 3.8) is 0 Å². The summed E-state index contributed by atoms with van der Waals surface area (Å²) in [6, 6.07) is 15.0. The van der Waals surface area contributed by atoms with Crippen LogP contribution in [0.4, 0.5) is 5.82 Å². The third-order valence-corrected chi connectivity index (χ3v) is 7.13. The first-order valence-corrected chi connectivity index (χ1v) is 11.9. The average molecular weight is 464 g/mol. The van der Waals surface area contributed by atoms with Crippen molar-refractivity contribution in [3.8, 4) is 11.3 Å². The van der Waals surface area contributed by atoms with Crippen LogP contribution in [0.3, 0.4) is 0 Å². The van der Waals surface area contributed by atoms with Crippen LogP contribution in [0.5, 0.6) is 0 Å². The van der Waals surface area contributed by atoms with E-state index < -0.39 is 11.2 Å². The predicted octanol–water partition coefficient (Wildman–Crippen LogP) is 3.64. The van der Waals surface area contributed by atoms with Crippen LogP contribution in [0.1, 0.15) is 36.6 Å². The van der Waals surface area contributed by atoms with Crippen LogP contribution in [-0.2, 0) is 15.9 Å². The second-order valence-electron chi connectivity index (χ2n) is 8.11. The van der Waals surface area contributed by atoms with Gasteiger partial charge in [0, 0.05) is 30.1 Å². The van der Waals surface area contributed by atoms with Crippen molar-refractivity contribution >= 4 is 28.8 Å². The van der Waals surface area contributed by atoms with Gasteiger partial charge in [-0.2, -0.15) is 4.55 Å². The zero-order valence-corrected chi connectivity index (χ0v) is 19.3. The van der Waals surface area contributed by atoms with E-state index in [1.807, 2.05) is 62.4 Å². The van der Waals surface area contributed by atoms with Crippen molar-refractivity contribution in [1.82, 2.24) is 15.3 Å². The molecule has 0 spiro atoms. The lowest BCUT2D eigenvalue weighted by Crippen LogP contribution is -2.39. The largest absolute Gasteiger partial charge is 0.419 e. The van der Waals surface area contributed by atoms with Gasteiger partial charge in [0.2, 0.25) is 11.8 Å². The van der Waals surface area contributed by atoms with Gasteiger partial charge >= 0.3 is 0 Å². The van der Waals surface area contributed by atoms with Gasteiger partial charge in [0.15, 0.2) is 32.8 Å². The molecule has 0 radical (unpaired) electrons. The summed E-state index contributed by atoms with van der Waals surface area (Å²) >= 11 is -0.829. The van der Waals surface area contributed by atoms with Gasteiger partial charge in [-0.05, 0) is 55.8 Å². The summed E-state index contributed by atoms with van der Waals surface area (Å²) in [4.78, 5) is 9.46. The molecule has 6 N–H and O–H groups in total. The Morgan fingerprint density at radius 3 is 2.33 bits per heavy atom. The van der Waals surface area contributed by atoms with Crippen LogP contribution in [0.15, 0.2) is 59.6 Å². The molecule has 0 bridgehead atoms. The molecule has 1 aliphatic heterocycles. The third kappa shape index (κ3) is 5.05. The number of anilines is 1. The van der Waals surface area contributed by atoms with E-state index in [1.165, 1.54) is 11.8 Å². The zero-order valence-electron chi connectivity index (χ0n) is 18.5. The molecular formula is C24H27N6O2S+. The van der Waals surface area contributed by atoms with Crippen molar-refractivity contribution in [1.29, 1.82) is 10.8 Å². The number of nitrogens with two attached hydrogens (primary N) is 1. The highest BCUT2D eigenvalue weighted by Gasteiger charge is 2.24. The highest BCUT2D eigenvalue weighted by molar-refractivity contribution is 7.92. The number of nitrogens with zero attached hydrogens (tertiary/aromatic N) is 2. The fourth-order valence-corrected chi connectivity index (χ4v) is 4.34. The molecule has 2 aromatic carbocycles. The Bertz CT molecular complexity index is 1160. The first-order chi connectivity index (χ1) is 15.8. The summed E-state index contributed by atoms with van der Waals surface area (Å²) in [5.41, 5.74) is 9.11. The fourth-order valence-electron chi connectivity index (χ4n) is 3.38. The first-order valence-electron chi connectivity index (χ1n) is 10.6. The van der Waals surface area contributed by atoms with Crippen LogP contribution in [0.2, 0.25) is 0 Å². The summed E-state index contributed by atoms with van der Waals surface area (Å²) in [7, 11) is 0. The van der Waals surface area contributed by atoms with Crippen molar-refractivity contribution in [3.05, 3.63) is 71.5 Å². The topological polar surface area (TPSA) is 141 Å². The Morgan fingerprint density at radius 1 is 1.09 bits per heavy atom. The van der Waals surface area contributed by atoms with Crippen LogP contribution in [0.25, 0.3) is 11.3 Å². The highest BCUT2D eigenvalue weighted by atomic mass is 32.2. The molecule has 3 aromatic rings. The fraction of sp³-hybridized carbons (Fsp3) is 0.250. The summed E-state index contributed by atoms with van der Waals surface area (Å²) in [5, 5.41) is 19.9. The van der Waals surface area contributed by atoms with Crippen LogP contribution in [-0.4, -0.2) is 44.7 Å². The summed E-state index contributed by atoms with van der Waals surface area (Å²) < 4.78 is 15.7. The van der Waals surface area contributed by atoms with E-state index in [-0.39, 0.29) is 28.6 Å². The maximum Gasteiger partial charge on any atom is 0.243 e. The number of nitrogen functional groups attached to an aromatic ring is 1. The molecule has 0 aliphatic carbocycles. The van der Waals surface area contributed by atoms with Gasteiger partial charge < -0.3 is 15.8 Å². The third-order valence-electron chi connectivity index (χ3n) is 5.48. The molecule has 0 saturated carbocycles. The van der Waals surface area contributed by atoms with E-state index in [9.17, 15) is 4.55 Å². The minimum atomic E-state index is -0.829. The summed E-state index contributed by atoms with van der Waals surface area (Å²) in [6.07, 6.45) is 1.53. The molecule has 1 aromatic heterocycles. The van der Waals surface area contributed by atoms with Gasteiger partial charge in [-0.25, -0.2) is 9.97 Å². The number of hydrogen-bond acceptors (Lipinski definition) is 8. The Morgan fingerprint density at radius 2 is 1.76 bits per heavy atom. The molecule has 8 nitrogen and oxygen atoms in total. The number of ether oxygens (including phenoxy) is 1. The number of benzene rings is 2. The first kappa shape index (κ1) is 22.9. The van der Waals surface area contributed by atoms with Crippen molar-refractivity contribution in [2.75, 3.05) is 18.8 Å². The number of hydrogen-bond donors (Lipinski definition) is 5. The van der Waals surface area contributed by atoms with E-state index in [0.29, 0.717) is 17.2 Å². The molecule has 1 unspecified atom stereocenters. The average Bonchev–Trinajstić information content (AvgIpc) is 2.78. The van der Waals surface area contributed by atoms with Gasteiger partial charge in [-0.1, -0.05) is 12.1 Å². The van der Waals surface area contributed by atoms with Crippen molar-refractivity contribution < 1.29 is 9.29 Å². The van der Waals surface area contributed by atoms with E-state index in [0.717, 1.165) is 23.5 Å². The normalized spacial score (nSPS) is 14.5. The van der Waals surface area contributed by atoms with Crippen LogP contribution < -0.4 is 11.1 Å². The SMILES string of the molecule is CC(C)[S+](O)c1ccc(-c2cnc(N)c(C(=N)OC(=N)c3ccc(C4CNC4)cc3)n2)cc1. The van der Waals surface area contributed by atoms with Crippen molar-refractivity contribution in [2.45, 2.75) is 29.9 Å². The number of aromatic nitrogens is 2. The lowest BCUT2D eigenvalue weighted by Gasteiger charge is -2.27. The lowest BCUT2D eigenvalue weighted by molar-refractivity contribution is 0.448. The summed E-state index contributed by atoms with van der Waals surface area (Å²) in [6.45, 7) is 5.87. The predicted molar refractivity (Wildman–Crippen MR) is 132 cm³/mol. The minimum Gasteiger partial charge on any atom is -0.419 e. The monoisotopic (exact) mass is 463 g/mol. The molecule has 1 aliphatic rings.